The van der Waals surface area contributed by atoms with E-state index in [9.17, 15) is 14.3 Å². The molecule has 0 unspecified atom stereocenters. The lowest BCUT2D eigenvalue weighted by Gasteiger charge is -2.09. The van der Waals surface area contributed by atoms with Crippen molar-refractivity contribution in [3.8, 4) is 34.2 Å². The van der Waals surface area contributed by atoms with E-state index in [4.69, 9.17) is 9.15 Å². The maximum Gasteiger partial charge on any atom is 0.336 e. The number of hydrogen-bond donors (Lipinski definition) is 1. The van der Waals surface area contributed by atoms with Crippen LogP contribution in [0, 0.1) is 12.7 Å². The van der Waals surface area contributed by atoms with Crippen LogP contribution in [-0.2, 0) is 0 Å². The zero-order valence-electron chi connectivity index (χ0n) is 19.0. The second kappa shape index (κ2) is 8.35. The normalized spacial score (nSPS) is 11.3. The van der Waals surface area contributed by atoms with Gasteiger partial charge in [0.05, 0.1) is 11.1 Å². The molecule has 3 aromatic heterocycles. The summed E-state index contributed by atoms with van der Waals surface area (Å²) in [6, 6.07) is 19.7. The van der Waals surface area contributed by atoms with Gasteiger partial charge in [-0.2, -0.15) is 0 Å². The number of para-hydroxylation sites is 1. The fraction of sp³-hybridized carbons (Fsp3) is 0.0357. The van der Waals surface area contributed by atoms with E-state index in [1.54, 1.807) is 65.4 Å². The Morgan fingerprint density at radius 3 is 2.61 bits per heavy atom. The third-order valence-corrected chi connectivity index (χ3v) is 5.98. The molecule has 0 amide bonds. The molecule has 0 aliphatic carbocycles. The third-order valence-electron chi connectivity index (χ3n) is 5.98. The summed E-state index contributed by atoms with van der Waals surface area (Å²) < 4.78 is 27.9. The average molecular weight is 479 g/mol. The Kier molecular flexibility index (Phi) is 5.00. The van der Waals surface area contributed by atoms with Crippen LogP contribution in [0.25, 0.3) is 38.8 Å². The van der Waals surface area contributed by atoms with Gasteiger partial charge >= 0.3 is 5.63 Å². The number of aromatic hydroxyl groups is 1. The van der Waals surface area contributed by atoms with Crippen LogP contribution in [-0.4, -0.2) is 19.6 Å². The molecule has 0 saturated heterocycles. The Labute approximate surface area is 203 Å². The highest BCUT2D eigenvalue weighted by Crippen LogP contribution is 2.39. The Morgan fingerprint density at radius 2 is 1.81 bits per heavy atom. The van der Waals surface area contributed by atoms with Crippen molar-refractivity contribution in [3.05, 3.63) is 107 Å². The molecule has 0 bridgehead atoms. The lowest BCUT2D eigenvalue weighted by atomic mass is 10.1. The summed E-state index contributed by atoms with van der Waals surface area (Å²) in [6.45, 7) is 1.84. The van der Waals surface area contributed by atoms with Gasteiger partial charge in [-0.3, -0.25) is 4.57 Å². The second-order valence-electron chi connectivity index (χ2n) is 8.30. The minimum Gasteiger partial charge on any atom is -0.508 e. The Bertz CT molecular complexity index is 1820. The molecule has 0 atom stereocenters. The van der Waals surface area contributed by atoms with E-state index in [0.717, 1.165) is 16.5 Å². The number of hydrogen-bond acceptors (Lipinski definition) is 6. The molecule has 3 heterocycles. The van der Waals surface area contributed by atoms with E-state index >= 15 is 0 Å². The molecule has 176 valence electrons. The van der Waals surface area contributed by atoms with Crippen molar-refractivity contribution in [1.29, 1.82) is 0 Å². The van der Waals surface area contributed by atoms with Crippen LogP contribution in [0.5, 0.6) is 17.4 Å². The summed E-state index contributed by atoms with van der Waals surface area (Å²) in [7, 11) is 0. The molecule has 0 saturated carbocycles. The highest BCUT2D eigenvalue weighted by molar-refractivity contribution is 5.98. The van der Waals surface area contributed by atoms with E-state index in [2.05, 4.69) is 9.97 Å². The molecule has 6 aromatic rings. The molecular weight excluding hydrogens is 461 g/mol. The number of fused-ring (bicyclic) bond motifs is 2. The van der Waals surface area contributed by atoms with Crippen LogP contribution in [0.2, 0.25) is 0 Å². The molecule has 0 aliphatic heterocycles. The number of rotatable bonds is 4. The predicted molar refractivity (Wildman–Crippen MR) is 133 cm³/mol. The van der Waals surface area contributed by atoms with Crippen LogP contribution < -0.4 is 10.4 Å². The fourth-order valence-corrected chi connectivity index (χ4v) is 4.28. The number of nitrogens with zero attached hydrogens (tertiary/aromatic N) is 3. The molecule has 6 rings (SSSR count). The molecule has 0 radical (unpaired) electrons. The van der Waals surface area contributed by atoms with E-state index in [0.29, 0.717) is 33.6 Å². The van der Waals surface area contributed by atoms with Gasteiger partial charge in [-0.05, 0) is 54.4 Å². The smallest absolute Gasteiger partial charge is 0.336 e. The standard InChI is InChI=1S/C28H18FN3O4/c1-16-12-25(34)36-24-13-19(10-11-20(16)24)35-28-26-21(17-6-8-18(33)9-7-17)14-32(27(26)30-15-31-28)23-5-3-2-4-22(23)29/h2-15,33H,1H3. The largest absolute Gasteiger partial charge is 0.508 e. The Balaban J connectivity index is 1.56. The number of phenolic OH excluding ortho intramolecular Hbond substituents is 1. The first-order valence-corrected chi connectivity index (χ1v) is 11.1. The summed E-state index contributed by atoms with van der Waals surface area (Å²) >= 11 is 0. The Morgan fingerprint density at radius 1 is 1.00 bits per heavy atom. The first-order chi connectivity index (χ1) is 17.5. The number of aromatic nitrogens is 3. The van der Waals surface area contributed by atoms with Gasteiger partial charge in [-0.25, -0.2) is 19.2 Å². The van der Waals surface area contributed by atoms with Crippen LogP contribution in [0.4, 0.5) is 4.39 Å². The van der Waals surface area contributed by atoms with Crippen LogP contribution in [0.3, 0.4) is 0 Å². The maximum atomic E-state index is 14.8. The number of phenols is 1. The van der Waals surface area contributed by atoms with Gasteiger partial charge in [0.2, 0.25) is 5.88 Å². The van der Waals surface area contributed by atoms with Crippen LogP contribution >= 0.6 is 0 Å². The maximum absolute atomic E-state index is 14.8. The fourth-order valence-electron chi connectivity index (χ4n) is 4.28. The van der Waals surface area contributed by atoms with Gasteiger partial charge in [0.25, 0.3) is 0 Å². The minimum atomic E-state index is -0.446. The third kappa shape index (κ3) is 3.65. The molecule has 36 heavy (non-hydrogen) atoms. The van der Waals surface area contributed by atoms with Gasteiger partial charge in [0.1, 0.15) is 29.2 Å². The van der Waals surface area contributed by atoms with E-state index in [1.807, 2.05) is 13.0 Å². The lowest BCUT2D eigenvalue weighted by molar-refractivity contribution is 0.466. The number of aryl methyl sites for hydroxylation is 1. The highest BCUT2D eigenvalue weighted by Gasteiger charge is 2.20. The molecule has 0 fully saturated rings. The van der Waals surface area contributed by atoms with E-state index in [1.165, 1.54) is 18.5 Å². The molecular formula is C28H18FN3O4. The van der Waals surface area contributed by atoms with Crippen molar-refractivity contribution in [2.75, 3.05) is 0 Å². The molecule has 0 spiro atoms. The molecule has 8 heteroatoms. The van der Waals surface area contributed by atoms with Crippen molar-refractivity contribution in [2.24, 2.45) is 0 Å². The quantitative estimate of drug-likeness (QED) is 0.306. The molecule has 0 aliphatic rings. The summed E-state index contributed by atoms with van der Waals surface area (Å²) in [6.07, 6.45) is 3.11. The van der Waals surface area contributed by atoms with Gasteiger partial charge in [-0.15, -0.1) is 0 Å². The van der Waals surface area contributed by atoms with Gasteiger partial charge < -0.3 is 14.3 Å². The summed E-state index contributed by atoms with van der Waals surface area (Å²) in [5, 5.41) is 11.1. The topological polar surface area (TPSA) is 90.4 Å². The number of halogens is 1. The van der Waals surface area contributed by atoms with Crippen LogP contribution in [0.1, 0.15) is 5.56 Å². The summed E-state index contributed by atoms with van der Waals surface area (Å²) in [4.78, 5) is 20.7. The summed E-state index contributed by atoms with van der Waals surface area (Å²) in [5.74, 6) is 0.365. The summed E-state index contributed by atoms with van der Waals surface area (Å²) in [5.41, 5.74) is 2.95. The monoisotopic (exact) mass is 479 g/mol. The predicted octanol–water partition coefficient (Wildman–Crippen LogP) is 6.14. The number of ether oxygens (including phenoxy) is 1. The second-order valence-corrected chi connectivity index (χ2v) is 8.30. The van der Waals surface area contributed by atoms with Gasteiger partial charge in [0.15, 0.2) is 5.65 Å². The first kappa shape index (κ1) is 21.5. The van der Waals surface area contributed by atoms with Gasteiger partial charge in [-0.1, -0.05) is 24.3 Å². The van der Waals surface area contributed by atoms with Gasteiger partial charge in [0, 0.05) is 29.3 Å². The Hall–Kier alpha value is -4.98. The van der Waals surface area contributed by atoms with Crippen LogP contribution in [0.15, 0.2) is 94.5 Å². The highest BCUT2D eigenvalue weighted by atomic mass is 19.1. The van der Waals surface area contributed by atoms with Crippen molar-refractivity contribution < 1.29 is 18.7 Å². The van der Waals surface area contributed by atoms with Crippen molar-refractivity contribution in [3.63, 3.8) is 0 Å². The van der Waals surface area contributed by atoms with Crippen molar-refractivity contribution in [2.45, 2.75) is 6.92 Å². The lowest BCUT2D eigenvalue weighted by Crippen LogP contribution is -1.99. The van der Waals surface area contributed by atoms with Crippen molar-refractivity contribution in [1.82, 2.24) is 14.5 Å². The SMILES string of the molecule is Cc1cc(=O)oc2cc(Oc3ncnc4c3c(-c3ccc(O)cc3)cn4-c3ccccc3F)ccc12. The van der Waals surface area contributed by atoms with Crippen molar-refractivity contribution >= 4 is 22.0 Å². The zero-order valence-corrected chi connectivity index (χ0v) is 19.0. The molecule has 7 nitrogen and oxygen atoms in total. The minimum absolute atomic E-state index is 0.122. The zero-order chi connectivity index (χ0) is 24.8. The first-order valence-electron chi connectivity index (χ1n) is 11.1. The molecule has 3 aromatic carbocycles. The van der Waals surface area contributed by atoms with E-state index < -0.39 is 11.4 Å². The number of benzene rings is 3. The molecule has 1 N–H and O–H groups in total. The average Bonchev–Trinajstić information content (AvgIpc) is 3.25. The van der Waals surface area contributed by atoms with E-state index in [-0.39, 0.29) is 11.6 Å².